The monoisotopic (exact) mass is 568 g/mol. The number of rotatable bonds is 9. The number of aromatic nitrogens is 4. The van der Waals surface area contributed by atoms with Crippen molar-refractivity contribution in [3.8, 4) is 5.69 Å². The number of fused-ring (bicyclic) bond motifs is 1. The molecule has 13 heteroatoms. The van der Waals surface area contributed by atoms with Gasteiger partial charge in [-0.3, -0.25) is 10.1 Å². The largest absolute Gasteiger partial charge is 0.433 e. The minimum atomic E-state index is -4.64. The highest BCUT2D eigenvalue weighted by Gasteiger charge is 2.38. The van der Waals surface area contributed by atoms with E-state index in [1.807, 2.05) is 43.3 Å². The topological polar surface area (TPSA) is 114 Å². The normalized spacial score (nSPS) is 17.5. The van der Waals surface area contributed by atoms with Gasteiger partial charge in [-0.15, -0.1) is 0 Å². The summed E-state index contributed by atoms with van der Waals surface area (Å²) < 4.78 is 42.7. The summed E-state index contributed by atoms with van der Waals surface area (Å²) in [5.41, 5.74) is -0.0882. The van der Waals surface area contributed by atoms with Crippen LogP contribution in [0, 0.1) is 16.0 Å². The van der Waals surface area contributed by atoms with Gasteiger partial charge in [0.2, 0.25) is 5.95 Å². The maximum absolute atomic E-state index is 14.0. The van der Waals surface area contributed by atoms with Crippen molar-refractivity contribution in [1.82, 2.24) is 25.1 Å². The van der Waals surface area contributed by atoms with Crippen LogP contribution in [-0.4, -0.2) is 51.4 Å². The maximum atomic E-state index is 14.0. The number of anilines is 2. The van der Waals surface area contributed by atoms with Gasteiger partial charge in [0.05, 0.1) is 22.3 Å². The molecule has 2 aromatic carbocycles. The first kappa shape index (κ1) is 28.3. The van der Waals surface area contributed by atoms with Crippen molar-refractivity contribution < 1.29 is 18.1 Å². The summed E-state index contributed by atoms with van der Waals surface area (Å²) >= 11 is 0. The number of halogens is 3. The number of nitro groups is 1. The van der Waals surface area contributed by atoms with E-state index < -0.39 is 16.8 Å². The van der Waals surface area contributed by atoms with E-state index in [2.05, 4.69) is 20.7 Å². The number of alkyl halides is 3. The lowest BCUT2D eigenvalue weighted by atomic mass is 9.86. The van der Waals surface area contributed by atoms with Gasteiger partial charge in [0.25, 0.3) is 5.69 Å². The molecule has 41 heavy (non-hydrogen) atoms. The van der Waals surface area contributed by atoms with Gasteiger partial charge in [-0.05, 0) is 62.4 Å². The van der Waals surface area contributed by atoms with Gasteiger partial charge in [-0.2, -0.15) is 23.3 Å². The van der Waals surface area contributed by atoms with Gasteiger partial charge >= 0.3 is 6.18 Å². The summed E-state index contributed by atoms with van der Waals surface area (Å²) in [5.74, 6) is 1.78. The molecule has 1 aliphatic carbocycles. The molecule has 1 aliphatic rings. The number of nitro benzene ring substituents is 1. The van der Waals surface area contributed by atoms with Gasteiger partial charge in [0.1, 0.15) is 5.82 Å². The van der Waals surface area contributed by atoms with Gasteiger partial charge in [0, 0.05) is 49.8 Å². The minimum absolute atomic E-state index is 0.0121. The average molecular weight is 569 g/mol. The summed E-state index contributed by atoms with van der Waals surface area (Å²) in [6, 6.07) is 13.0. The fraction of sp³-hybridized carbons (Fsp3) is 0.393. The van der Waals surface area contributed by atoms with Gasteiger partial charge in [-0.1, -0.05) is 12.1 Å². The zero-order valence-corrected chi connectivity index (χ0v) is 22.7. The highest BCUT2D eigenvalue weighted by Crippen LogP contribution is 2.34. The Morgan fingerprint density at radius 3 is 2.41 bits per heavy atom. The predicted molar refractivity (Wildman–Crippen MR) is 150 cm³/mol. The van der Waals surface area contributed by atoms with Crippen LogP contribution in [0.1, 0.15) is 36.9 Å². The standard InChI is InChI=1S/C28H31F3N8O2/c1-37(2)26-23-5-3-4-6-24(23)35-27(36-26)34-20-9-7-18(8-10-20)15-32-16-19-17-33-38(25(19)28(29,30)31)21-11-13-22(14-12-21)39(40)41/h3-6,11-14,17-18,20,32H,7-10,15-16H2,1-2H3,(H,34,35,36). The number of non-ortho nitro benzene ring substituents is 1. The molecular weight excluding hydrogens is 537 g/mol. The fourth-order valence-corrected chi connectivity index (χ4v) is 5.29. The second kappa shape index (κ2) is 11.7. The highest BCUT2D eigenvalue weighted by molar-refractivity contribution is 5.90. The summed E-state index contributed by atoms with van der Waals surface area (Å²) in [7, 11) is 3.91. The molecule has 0 unspecified atom stereocenters. The summed E-state index contributed by atoms with van der Waals surface area (Å²) in [6.07, 6.45) is 0.220. The van der Waals surface area contributed by atoms with Crippen LogP contribution < -0.4 is 15.5 Å². The van der Waals surface area contributed by atoms with Crippen LogP contribution >= 0.6 is 0 Å². The molecule has 4 aromatic rings. The van der Waals surface area contributed by atoms with E-state index >= 15 is 0 Å². The average Bonchev–Trinajstić information content (AvgIpc) is 3.38. The molecule has 0 saturated heterocycles. The Hall–Kier alpha value is -4.26. The molecule has 2 aromatic heterocycles. The fourth-order valence-electron chi connectivity index (χ4n) is 5.29. The molecule has 0 spiro atoms. The van der Waals surface area contributed by atoms with Crippen LogP contribution in [0.5, 0.6) is 0 Å². The third-order valence-corrected chi connectivity index (χ3v) is 7.35. The number of hydrogen-bond donors (Lipinski definition) is 2. The molecule has 1 fully saturated rings. The van der Waals surface area contributed by atoms with Crippen molar-refractivity contribution in [2.75, 3.05) is 30.9 Å². The van der Waals surface area contributed by atoms with Gasteiger partial charge < -0.3 is 15.5 Å². The highest BCUT2D eigenvalue weighted by atomic mass is 19.4. The molecule has 0 atom stereocenters. The van der Waals surface area contributed by atoms with E-state index in [-0.39, 0.29) is 29.5 Å². The zero-order chi connectivity index (χ0) is 29.1. The lowest BCUT2D eigenvalue weighted by Crippen LogP contribution is -2.32. The molecule has 5 rings (SSSR count). The summed E-state index contributed by atoms with van der Waals surface area (Å²) in [6.45, 7) is 0.599. The minimum Gasteiger partial charge on any atom is -0.362 e. The van der Waals surface area contributed by atoms with E-state index in [1.165, 1.54) is 18.3 Å². The number of benzene rings is 2. The summed E-state index contributed by atoms with van der Waals surface area (Å²) in [5, 5.41) is 22.5. The second-order valence-corrected chi connectivity index (χ2v) is 10.5. The van der Waals surface area contributed by atoms with Crippen LogP contribution in [0.4, 0.5) is 30.6 Å². The molecule has 1 saturated carbocycles. The molecule has 0 aliphatic heterocycles. The van der Waals surface area contributed by atoms with E-state index in [0.717, 1.165) is 59.2 Å². The van der Waals surface area contributed by atoms with Crippen molar-refractivity contribution in [3.63, 3.8) is 0 Å². The van der Waals surface area contributed by atoms with Crippen molar-refractivity contribution in [2.45, 2.75) is 44.4 Å². The smallest absolute Gasteiger partial charge is 0.362 e. The van der Waals surface area contributed by atoms with Crippen LogP contribution in [0.3, 0.4) is 0 Å². The van der Waals surface area contributed by atoms with E-state index in [1.54, 1.807) is 0 Å². The van der Waals surface area contributed by atoms with Gasteiger partial charge in [0.15, 0.2) is 5.69 Å². The number of para-hydroxylation sites is 1. The molecule has 2 heterocycles. The van der Waals surface area contributed by atoms with E-state index in [4.69, 9.17) is 4.98 Å². The Morgan fingerprint density at radius 1 is 1.05 bits per heavy atom. The van der Waals surface area contributed by atoms with E-state index in [9.17, 15) is 23.3 Å². The molecule has 0 radical (unpaired) electrons. The second-order valence-electron chi connectivity index (χ2n) is 10.5. The molecule has 2 N–H and O–H groups in total. The van der Waals surface area contributed by atoms with Crippen molar-refractivity contribution in [3.05, 3.63) is 76.1 Å². The lowest BCUT2D eigenvalue weighted by Gasteiger charge is -2.29. The zero-order valence-electron chi connectivity index (χ0n) is 22.7. The number of nitrogens with zero attached hydrogens (tertiary/aromatic N) is 6. The molecule has 10 nitrogen and oxygen atoms in total. The van der Waals surface area contributed by atoms with Crippen LogP contribution in [-0.2, 0) is 12.7 Å². The van der Waals surface area contributed by atoms with Gasteiger partial charge in [-0.25, -0.2) is 9.67 Å². The Labute approximate surface area is 234 Å². The molecule has 216 valence electrons. The van der Waals surface area contributed by atoms with Crippen LogP contribution in [0.25, 0.3) is 16.6 Å². The van der Waals surface area contributed by atoms with Crippen molar-refractivity contribution >= 4 is 28.4 Å². The predicted octanol–water partition coefficient (Wildman–Crippen LogP) is 5.57. The quantitative estimate of drug-likeness (QED) is 0.199. The lowest BCUT2D eigenvalue weighted by molar-refractivity contribution is -0.384. The number of hydrogen-bond acceptors (Lipinski definition) is 8. The Balaban J connectivity index is 1.17. The SMILES string of the molecule is CN(C)c1nc(NC2CCC(CNCc3cnn(-c4ccc([N+](=O)[O-])cc4)c3C(F)(F)F)CC2)nc2ccccc12. The Bertz CT molecular complexity index is 1510. The first-order chi connectivity index (χ1) is 19.6. The first-order valence-corrected chi connectivity index (χ1v) is 13.4. The first-order valence-electron chi connectivity index (χ1n) is 13.4. The third kappa shape index (κ3) is 6.40. The van der Waals surface area contributed by atoms with E-state index in [0.29, 0.717) is 18.4 Å². The number of nitrogens with one attached hydrogen (secondary N) is 2. The molecule has 0 amide bonds. The van der Waals surface area contributed by atoms with Crippen molar-refractivity contribution in [2.24, 2.45) is 5.92 Å². The summed E-state index contributed by atoms with van der Waals surface area (Å²) in [4.78, 5) is 21.7. The maximum Gasteiger partial charge on any atom is 0.433 e. The molecule has 0 bridgehead atoms. The van der Waals surface area contributed by atoms with Crippen molar-refractivity contribution in [1.29, 1.82) is 0 Å². The van der Waals surface area contributed by atoms with Crippen LogP contribution in [0.15, 0.2) is 54.7 Å². The Morgan fingerprint density at radius 2 is 1.76 bits per heavy atom. The third-order valence-electron chi connectivity index (χ3n) is 7.35. The van der Waals surface area contributed by atoms with Crippen LogP contribution in [0.2, 0.25) is 0 Å². The Kier molecular flexibility index (Phi) is 8.06. The molecular formula is C28H31F3N8O2.